The number of hydrogen-bond acceptors (Lipinski definition) is 4. The van der Waals surface area contributed by atoms with Gasteiger partial charge in [0, 0.05) is 29.5 Å². The summed E-state index contributed by atoms with van der Waals surface area (Å²) in [5.74, 6) is -0.286. The average Bonchev–Trinajstić information content (AvgIpc) is 3.01. The van der Waals surface area contributed by atoms with Crippen molar-refractivity contribution in [3.63, 3.8) is 0 Å². The van der Waals surface area contributed by atoms with Crippen LogP contribution in [0.1, 0.15) is 33.3 Å². The van der Waals surface area contributed by atoms with E-state index in [0.717, 1.165) is 21.7 Å². The highest BCUT2D eigenvalue weighted by molar-refractivity contribution is 7.16. The van der Waals surface area contributed by atoms with Crippen molar-refractivity contribution in [3.05, 3.63) is 70.1 Å². The van der Waals surface area contributed by atoms with Gasteiger partial charge in [-0.25, -0.2) is 4.98 Å². The molecule has 5 nitrogen and oxygen atoms in total. The predicted molar refractivity (Wildman–Crippen MR) is 109 cm³/mol. The summed E-state index contributed by atoms with van der Waals surface area (Å²) in [6.45, 7) is 5.97. The molecule has 138 valence electrons. The zero-order chi connectivity index (χ0) is 19.4. The van der Waals surface area contributed by atoms with Crippen LogP contribution in [0.3, 0.4) is 0 Å². The molecule has 0 bridgehead atoms. The van der Waals surface area contributed by atoms with Crippen LogP contribution in [0.2, 0.25) is 0 Å². The standard InChI is InChI=1S/C21H21N3O2S/c1-13-4-8-17(9-5-13)19-14(2)27-21(23-19)24-20(26)18-10-6-16(7-11-18)12-22-15(3)25/h4-11H,12H2,1-3H3,(H,22,25)(H,23,24,26). The molecule has 2 N–H and O–H groups in total. The average molecular weight is 379 g/mol. The molecule has 3 rings (SSSR count). The maximum atomic E-state index is 12.5. The van der Waals surface area contributed by atoms with E-state index in [1.54, 1.807) is 12.1 Å². The third-order valence-electron chi connectivity index (χ3n) is 4.10. The Labute approximate surface area is 162 Å². The van der Waals surface area contributed by atoms with Gasteiger partial charge in [0.15, 0.2) is 5.13 Å². The molecule has 0 spiro atoms. The van der Waals surface area contributed by atoms with Gasteiger partial charge >= 0.3 is 0 Å². The third kappa shape index (κ3) is 4.80. The van der Waals surface area contributed by atoms with E-state index < -0.39 is 0 Å². The molecule has 1 aromatic heterocycles. The molecule has 1 heterocycles. The van der Waals surface area contributed by atoms with E-state index in [1.807, 2.05) is 38.1 Å². The molecule has 0 saturated carbocycles. The molecule has 0 saturated heterocycles. The lowest BCUT2D eigenvalue weighted by atomic mass is 10.1. The quantitative estimate of drug-likeness (QED) is 0.694. The summed E-state index contributed by atoms with van der Waals surface area (Å²) in [4.78, 5) is 29.1. The smallest absolute Gasteiger partial charge is 0.257 e. The van der Waals surface area contributed by atoms with Gasteiger partial charge in [-0.2, -0.15) is 0 Å². The minimum absolute atomic E-state index is 0.0830. The lowest BCUT2D eigenvalue weighted by Crippen LogP contribution is -2.19. The number of carbonyl (C=O) groups excluding carboxylic acids is 2. The van der Waals surface area contributed by atoms with E-state index in [9.17, 15) is 9.59 Å². The van der Waals surface area contributed by atoms with Gasteiger partial charge < -0.3 is 5.32 Å². The summed E-state index contributed by atoms with van der Waals surface area (Å²) in [5, 5.41) is 6.18. The molecule has 0 aliphatic rings. The molecule has 3 aromatic rings. The highest BCUT2D eigenvalue weighted by Crippen LogP contribution is 2.30. The fourth-order valence-corrected chi connectivity index (χ4v) is 3.43. The lowest BCUT2D eigenvalue weighted by Gasteiger charge is -2.05. The van der Waals surface area contributed by atoms with Gasteiger partial charge in [0.25, 0.3) is 5.91 Å². The maximum absolute atomic E-state index is 12.5. The molecule has 27 heavy (non-hydrogen) atoms. The number of carbonyl (C=O) groups is 2. The SMILES string of the molecule is CC(=O)NCc1ccc(C(=O)Nc2nc(-c3ccc(C)cc3)c(C)s2)cc1. The van der Waals surface area contributed by atoms with Crippen molar-refractivity contribution in [2.45, 2.75) is 27.3 Å². The van der Waals surface area contributed by atoms with E-state index in [0.29, 0.717) is 17.2 Å². The van der Waals surface area contributed by atoms with Crippen LogP contribution in [0.15, 0.2) is 48.5 Å². The summed E-state index contributed by atoms with van der Waals surface area (Å²) in [7, 11) is 0. The highest BCUT2D eigenvalue weighted by Gasteiger charge is 2.13. The first-order valence-electron chi connectivity index (χ1n) is 8.61. The first-order chi connectivity index (χ1) is 12.9. The van der Waals surface area contributed by atoms with Crippen LogP contribution >= 0.6 is 11.3 Å². The van der Waals surface area contributed by atoms with E-state index >= 15 is 0 Å². The van der Waals surface area contributed by atoms with Crippen molar-refractivity contribution >= 4 is 28.3 Å². The summed E-state index contributed by atoms with van der Waals surface area (Å²) in [6, 6.07) is 15.3. The summed E-state index contributed by atoms with van der Waals surface area (Å²) in [5.41, 5.74) is 4.61. The molecule has 0 aliphatic carbocycles. The topological polar surface area (TPSA) is 71.1 Å². The molecule has 0 atom stereocenters. The number of hydrogen-bond donors (Lipinski definition) is 2. The molecular weight excluding hydrogens is 358 g/mol. The summed E-state index contributed by atoms with van der Waals surface area (Å²) < 4.78 is 0. The van der Waals surface area contributed by atoms with E-state index in [2.05, 4.69) is 27.8 Å². The molecule has 0 radical (unpaired) electrons. The van der Waals surface area contributed by atoms with Gasteiger partial charge in [-0.1, -0.05) is 42.0 Å². The Morgan fingerprint density at radius 3 is 2.30 bits per heavy atom. The van der Waals surface area contributed by atoms with Crippen molar-refractivity contribution in [3.8, 4) is 11.3 Å². The number of anilines is 1. The number of thiazole rings is 1. The van der Waals surface area contributed by atoms with Crippen LogP contribution in [0.5, 0.6) is 0 Å². The second-order valence-corrected chi connectivity index (χ2v) is 7.55. The zero-order valence-corrected chi connectivity index (χ0v) is 16.3. The van der Waals surface area contributed by atoms with Gasteiger partial charge in [0.1, 0.15) is 0 Å². The minimum atomic E-state index is -0.203. The molecule has 2 amide bonds. The van der Waals surface area contributed by atoms with Crippen LogP contribution < -0.4 is 10.6 Å². The van der Waals surface area contributed by atoms with Crippen LogP contribution in [-0.2, 0) is 11.3 Å². The Kier molecular flexibility index (Phi) is 5.66. The van der Waals surface area contributed by atoms with Gasteiger partial charge in [0.05, 0.1) is 5.69 Å². The second-order valence-electron chi connectivity index (χ2n) is 6.35. The summed E-state index contributed by atoms with van der Waals surface area (Å²) in [6.07, 6.45) is 0. The van der Waals surface area contributed by atoms with Crippen LogP contribution in [0.4, 0.5) is 5.13 Å². The van der Waals surface area contributed by atoms with Gasteiger partial charge in [-0.05, 0) is 31.5 Å². The second kappa shape index (κ2) is 8.14. The first-order valence-corrected chi connectivity index (χ1v) is 9.43. The van der Waals surface area contributed by atoms with Crippen molar-refractivity contribution in [2.75, 3.05) is 5.32 Å². The Bertz CT molecular complexity index is 960. The number of benzene rings is 2. The lowest BCUT2D eigenvalue weighted by molar-refractivity contribution is -0.119. The fourth-order valence-electron chi connectivity index (χ4n) is 2.60. The van der Waals surface area contributed by atoms with Gasteiger partial charge in [0.2, 0.25) is 5.91 Å². The monoisotopic (exact) mass is 379 g/mol. The molecule has 0 aliphatic heterocycles. The van der Waals surface area contributed by atoms with Gasteiger partial charge in [-0.15, -0.1) is 11.3 Å². The van der Waals surface area contributed by atoms with Crippen molar-refractivity contribution in [2.24, 2.45) is 0 Å². The Balaban J connectivity index is 1.70. The van der Waals surface area contributed by atoms with Gasteiger partial charge in [-0.3, -0.25) is 14.9 Å². The number of aromatic nitrogens is 1. The molecule has 2 aromatic carbocycles. The van der Waals surface area contributed by atoms with Crippen LogP contribution in [0, 0.1) is 13.8 Å². The number of nitrogens with zero attached hydrogens (tertiary/aromatic N) is 1. The molecule has 0 unspecified atom stereocenters. The van der Waals surface area contributed by atoms with Crippen molar-refractivity contribution < 1.29 is 9.59 Å². The van der Waals surface area contributed by atoms with Crippen molar-refractivity contribution in [1.82, 2.24) is 10.3 Å². The number of aryl methyl sites for hydroxylation is 2. The number of rotatable bonds is 5. The first kappa shape index (κ1) is 18.8. The minimum Gasteiger partial charge on any atom is -0.352 e. The predicted octanol–water partition coefficient (Wildman–Crippen LogP) is 4.32. The number of amides is 2. The fraction of sp³-hybridized carbons (Fsp3) is 0.190. The van der Waals surface area contributed by atoms with E-state index in [4.69, 9.17) is 0 Å². The van der Waals surface area contributed by atoms with E-state index in [-0.39, 0.29) is 11.8 Å². The highest BCUT2D eigenvalue weighted by atomic mass is 32.1. The molecule has 0 fully saturated rings. The Hall–Kier alpha value is -2.99. The molecule has 6 heteroatoms. The summed E-state index contributed by atoms with van der Waals surface area (Å²) >= 11 is 1.46. The normalized spacial score (nSPS) is 10.5. The van der Waals surface area contributed by atoms with E-state index in [1.165, 1.54) is 23.8 Å². The van der Waals surface area contributed by atoms with Crippen molar-refractivity contribution in [1.29, 1.82) is 0 Å². The maximum Gasteiger partial charge on any atom is 0.257 e. The Morgan fingerprint density at radius 1 is 1.00 bits per heavy atom. The largest absolute Gasteiger partial charge is 0.352 e. The molecular formula is C21H21N3O2S. The third-order valence-corrected chi connectivity index (χ3v) is 4.99. The van der Waals surface area contributed by atoms with Crippen LogP contribution in [-0.4, -0.2) is 16.8 Å². The Morgan fingerprint density at radius 2 is 1.67 bits per heavy atom. The van der Waals surface area contributed by atoms with Crippen LogP contribution in [0.25, 0.3) is 11.3 Å². The zero-order valence-electron chi connectivity index (χ0n) is 15.5. The number of nitrogens with one attached hydrogen (secondary N) is 2.